The number of hydrogen-bond acceptors (Lipinski definition) is 3. The molecule has 134 valence electrons. The van der Waals surface area contributed by atoms with Crippen molar-refractivity contribution in [3.05, 3.63) is 53.1 Å². The molecule has 0 aliphatic rings. The van der Waals surface area contributed by atoms with Gasteiger partial charge in [0.25, 0.3) is 0 Å². The van der Waals surface area contributed by atoms with Gasteiger partial charge in [0, 0.05) is 17.8 Å². The van der Waals surface area contributed by atoms with Crippen molar-refractivity contribution in [2.24, 2.45) is 0 Å². The fourth-order valence-corrected chi connectivity index (χ4v) is 2.23. The van der Waals surface area contributed by atoms with E-state index in [1.807, 2.05) is 0 Å². The first kappa shape index (κ1) is 18.7. The van der Waals surface area contributed by atoms with Crippen LogP contribution in [0.2, 0.25) is 5.02 Å². The maximum absolute atomic E-state index is 12.4. The maximum Gasteiger partial charge on any atom is 0.573 e. The molecule has 0 heterocycles. The van der Waals surface area contributed by atoms with E-state index in [0.717, 1.165) is 0 Å². The summed E-state index contributed by atoms with van der Waals surface area (Å²) < 4.78 is 46.0. The van der Waals surface area contributed by atoms with Crippen molar-refractivity contribution in [3.8, 4) is 11.5 Å². The molecular formula is C16H14ClF3N2O3. The SMILES string of the molecule is COc1ccc(NC(=O)NCc2ccccc2OC(F)(F)F)cc1Cl. The van der Waals surface area contributed by atoms with Crippen molar-refractivity contribution in [2.75, 3.05) is 12.4 Å². The number of alkyl halides is 3. The molecule has 2 aromatic rings. The zero-order chi connectivity index (χ0) is 18.4. The Hall–Kier alpha value is -2.61. The third-order valence-electron chi connectivity index (χ3n) is 3.05. The van der Waals surface area contributed by atoms with Crippen molar-refractivity contribution >= 4 is 23.3 Å². The van der Waals surface area contributed by atoms with Crippen LogP contribution in [-0.2, 0) is 6.54 Å². The highest BCUT2D eigenvalue weighted by atomic mass is 35.5. The van der Waals surface area contributed by atoms with Gasteiger partial charge >= 0.3 is 12.4 Å². The lowest BCUT2D eigenvalue weighted by Crippen LogP contribution is -2.28. The molecule has 25 heavy (non-hydrogen) atoms. The van der Waals surface area contributed by atoms with E-state index in [0.29, 0.717) is 16.5 Å². The molecule has 2 aromatic carbocycles. The highest BCUT2D eigenvalue weighted by molar-refractivity contribution is 6.32. The van der Waals surface area contributed by atoms with Crippen LogP contribution in [0.25, 0.3) is 0 Å². The number of benzene rings is 2. The highest BCUT2D eigenvalue weighted by Gasteiger charge is 2.31. The van der Waals surface area contributed by atoms with Gasteiger partial charge < -0.3 is 20.1 Å². The molecule has 0 bridgehead atoms. The number of anilines is 1. The van der Waals surface area contributed by atoms with Gasteiger partial charge in [0.2, 0.25) is 0 Å². The number of methoxy groups -OCH3 is 1. The average Bonchev–Trinajstić information content (AvgIpc) is 2.53. The molecule has 0 atom stereocenters. The summed E-state index contributed by atoms with van der Waals surface area (Å²) in [7, 11) is 1.46. The van der Waals surface area contributed by atoms with Crippen LogP contribution in [0.4, 0.5) is 23.7 Å². The third-order valence-corrected chi connectivity index (χ3v) is 3.34. The van der Waals surface area contributed by atoms with E-state index >= 15 is 0 Å². The second-order valence-electron chi connectivity index (χ2n) is 4.81. The summed E-state index contributed by atoms with van der Waals surface area (Å²) in [5.74, 6) is 0.0774. The van der Waals surface area contributed by atoms with Crippen LogP contribution in [0.3, 0.4) is 0 Å². The zero-order valence-electron chi connectivity index (χ0n) is 13.0. The van der Waals surface area contributed by atoms with Gasteiger partial charge in [0.05, 0.1) is 12.1 Å². The van der Waals surface area contributed by atoms with Crippen LogP contribution in [0, 0.1) is 0 Å². The fourth-order valence-electron chi connectivity index (χ4n) is 1.97. The van der Waals surface area contributed by atoms with Crippen molar-refractivity contribution < 1.29 is 27.4 Å². The van der Waals surface area contributed by atoms with Gasteiger partial charge in [-0.05, 0) is 24.3 Å². The minimum absolute atomic E-state index is 0.151. The van der Waals surface area contributed by atoms with Crippen LogP contribution in [-0.4, -0.2) is 19.5 Å². The van der Waals surface area contributed by atoms with E-state index in [9.17, 15) is 18.0 Å². The van der Waals surface area contributed by atoms with Crippen molar-refractivity contribution in [1.29, 1.82) is 0 Å². The molecule has 0 saturated carbocycles. The Balaban J connectivity index is 1.97. The monoisotopic (exact) mass is 374 g/mol. The van der Waals surface area contributed by atoms with E-state index in [2.05, 4.69) is 15.4 Å². The fraction of sp³-hybridized carbons (Fsp3) is 0.188. The molecule has 2 rings (SSSR count). The van der Waals surface area contributed by atoms with Gasteiger partial charge in [-0.25, -0.2) is 4.79 Å². The van der Waals surface area contributed by atoms with Crippen molar-refractivity contribution in [2.45, 2.75) is 12.9 Å². The number of carbonyl (C=O) groups excluding carboxylic acids is 1. The molecule has 0 aromatic heterocycles. The summed E-state index contributed by atoms with van der Waals surface area (Å²) in [4.78, 5) is 11.9. The van der Waals surface area contributed by atoms with Crippen LogP contribution in [0.1, 0.15) is 5.56 Å². The van der Waals surface area contributed by atoms with Gasteiger partial charge in [-0.1, -0.05) is 29.8 Å². The second-order valence-corrected chi connectivity index (χ2v) is 5.22. The van der Waals surface area contributed by atoms with E-state index < -0.39 is 12.4 Å². The second kappa shape index (κ2) is 7.98. The Morgan fingerprint density at radius 3 is 2.52 bits per heavy atom. The molecule has 0 radical (unpaired) electrons. The predicted octanol–water partition coefficient (Wildman–Crippen LogP) is 4.57. The lowest BCUT2D eigenvalue weighted by Gasteiger charge is -2.14. The van der Waals surface area contributed by atoms with E-state index in [1.165, 1.54) is 31.4 Å². The predicted molar refractivity (Wildman–Crippen MR) is 87.0 cm³/mol. The molecule has 2 amide bonds. The van der Waals surface area contributed by atoms with Crippen molar-refractivity contribution in [3.63, 3.8) is 0 Å². The molecule has 0 spiro atoms. The lowest BCUT2D eigenvalue weighted by atomic mass is 10.2. The number of ether oxygens (including phenoxy) is 2. The quantitative estimate of drug-likeness (QED) is 0.806. The largest absolute Gasteiger partial charge is 0.573 e. The topological polar surface area (TPSA) is 59.6 Å². The number of rotatable bonds is 5. The van der Waals surface area contributed by atoms with Crippen LogP contribution in [0.15, 0.2) is 42.5 Å². The molecule has 0 aliphatic carbocycles. The summed E-state index contributed by atoms with van der Waals surface area (Å²) in [5.41, 5.74) is 0.589. The van der Waals surface area contributed by atoms with Crippen LogP contribution in [0.5, 0.6) is 11.5 Å². The average molecular weight is 375 g/mol. The molecule has 0 saturated heterocycles. The van der Waals surface area contributed by atoms with Gasteiger partial charge in [0.1, 0.15) is 11.5 Å². The Kier molecular flexibility index (Phi) is 5.97. The first-order valence-corrected chi connectivity index (χ1v) is 7.38. The van der Waals surface area contributed by atoms with E-state index in [4.69, 9.17) is 16.3 Å². The molecule has 2 N–H and O–H groups in total. The summed E-state index contributed by atoms with van der Waals surface area (Å²) in [6.45, 7) is -0.151. The van der Waals surface area contributed by atoms with E-state index in [-0.39, 0.29) is 17.9 Å². The van der Waals surface area contributed by atoms with E-state index in [1.54, 1.807) is 18.2 Å². The standard InChI is InChI=1S/C16H14ClF3N2O3/c1-24-14-7-6-11(8-12(14)17)22-15(23)21-9-10-4-2-3-5-13(10)25-16(18,19)20/h2-8H,9H2,1H3,(H2,21,22,23). The normalized spacial score (nSPS) is 10.9. The summed E-state index contributed by atoms with van der Waals surface area (Å²) in [6.07, 6.45) is -4.81. The Morgan fingerprint density at radius 1 is 1.16 bits per heavy atom. The lowest BCUT2D eigenvalue weighted by molar-refractivity contribution is -0.274. The van der Waals surface area contributed by atoms with Gasteiger partial charge in [-0.2, -0.15) is 0 Å². The summed E-state index contributed by atoms with van der Waals surface area (Å²) in [5, 5.41) is 5.28. The van der Waals surface area contributed by atoms with Gasteiger partial charge in [-0.3, -0.25) is 0 Å². The van der Waals surface area contributed by atoms with Crippen molar-refractivity contribution in [1.82, 2.24) is 5.32 Å². The Bertz CT molecular complexity index is 754. The number of hydrogen-bond donors (Lipinski definition) is 2. The number of halogens is 4. The smallest absolute Gasteiger partial charge is 0.495 e. The first-order chi connectivity index (χ1) is 11.8. The third kappa shape index (κ3) is 5.75. The first-order valence-electron chi connectivity index (χ1n) is 7.00. The minimum atomic E-state index is -4.81. The Morgan fingerprint density at radius 2 is 1.88 bits per heavy atom. The summed E-state index contributed by atoms with van der Waals surface area (Å²) in [6, 6.07) is 9.57. The maximum atomic E-state index is 12.4. The van der Waals surface area contributed by atoms with Crippen LogP contribution >= 0.6 is 11.6 Å². The Labute approximate surface area is 146 Å². The molecule has 0 aliphatic heterocycles. The minimum Gasteiger partial charge on any atom is -0.495 e. The summed E-state index contributed by atoms with van der Waals surface area (Å²) >= 11 is 5.95. The number of urea groups is 1. The van der Waals surface area contributed by atoms with Gasteiger partial charge in [0.15, 0.2) is 0 Å². The number of nitrogens with one attached hydrogen (secondary N) is 2. The molecule has 5 nitrogen and oxygen atoms in total. The molecular weight excluding hydrogens is 361 g/mol. The number of carbonyl (C=O) groups is 1. The highest BCUT2D eigenvalue weighted by Crippen LogP contribution is 2.28. The zero-order valence-corrected chi connectivity index (χ0v) is 13.7. The molecule has 0 fully saturated rings. The van der Waals surface area contributed by atoms with Gasteiger partial charge in [-0.15, -0.1) is 13.2 Å². The number of amides is 2. The molecule has 0 unspecified atom stereocenters. The molecule has 9 heteroatoms. The number of para-hydroxylation sites is 1. The van der Waals surface area contributed by atoms with Crippen LogP contribution < -0.4 is 20.1 Å².